The minimum Gasteiger partial charge on any atom is -0.505 e. The lowest BCUT2D eigenvalue weighted by Crippen LogP contribution is -2.02. The third-order valence-electron chi connectivity index (χ3n) is 3.47. The monoisotopic (exact) mass is 468 g/mol. The predicted molar refractivity (Wildman–Crippen MR) is 102 cm³/mol. The predicted octanol–water partition coefficient (Wildman–Crippen LogP) is 5.23. The van der Waals surface area contributed by atoms with Crippen molar-refractivity contribution >= 4 is 55.1 Å². The summed E-state index contributed by atoms with van der Waals surface area (Å²) in [6, 6.07) is 14.0. The van der Waals surface area contributed by atoms with Gasteiger partial charge in [-0.1, -0.05) is 15.9 Å². The molecule has 0 saturated heterocycles. The Hall–Kier alpha value is -1.34. The van der Waals surface area contributed by atoms with Crippen LogP contribution in [0.15, 0.2) is 46.9 Å². The van der Waals surface area contributed by atoms with Crippen LogP contribution >= 0.6 is 38.5 Å². The highest BCUT2D eigenvalue weighted by Crippen LogP contribution is 2.31. The molecule has 2 N–H and O–H groups in total. The highest BCUT2D eigenvalue weighted by Gasteiger charge is 2.09. The molecule has 0 amide bonds. The Labute approximate surface area is 151 Å². The first-order valence-corrected chi connectivity index (χ1v) is 8.69. The number of anilines is 1. The van der Waals surface area contributed by atoms with Crippen molar-refractivity contribution in [2.24, 2.45) is 0 Å². The van der Waals surface area contributed by atoms with Gasteiger partial charge in [0, 0.05) is 19.1 Å². The molecule has 0 aliphatic rings. The first-order chi connectivity index (χ1) is 10.5. The van der Waals surface area contributed by atoms with Crippen LogP contribution in [-0.2, 0) is 6.54 Å². The SMILES string of the molecule is Cc1cc(I)c2ccc(CNc3ccc(Br)cc3)nc2c1O. The van der Waals surface area contributed by atoms with Gasteiger partial charge in [0.1, 0.15) is 11.3 Å². The molecule has 0 bridgehead atoms. The van der Waals surface area contributed by atoms with E-state index >= 15 is 0 Å². The number of hydrogen-bond donors (Lipinski definition) is 2. The number of phenols is 1. The second-order valence-electron chi connectivity index (χ2n) is 5.08. The molecule has 1 heterocycles. The zero-order chi connectivity index (χ0) is 15.7. The molecule has 0 fully saturated rings. The number of aromatic hydroxyl groups is 1. The fourth-order valence-corrected chi connectivity index (χ4v) is 3.42. The first-order valence-electron chi connectivity index (χ1n) is 6.82. The fraction of sp³-hybridized carbons (Fsp3) is 0.118. The highest BCUT2D eigenvalue weighted by atomic mass is 127. The van der Waals surface area contributed by atoms with Crippen molar-refractivity contribution in [3.63, 3.8) is 0 Å². The molecular weight excluding hydrogens is 455 g/mol. The smallest absolute Gasteiger partial charge is 0.144 e. The van der Waals surface area contributed by atoms with Crippen molar-refractivity contribution in [3.05, 3.63) is 61.8 Å². The van der Waals surface area contributed by atoms with E-state index in [0.717, 1.165) is 30.4 Å². The number of rotatable bonds is 3. The van der Waals surface area contributed by atoms with Crippen molar-refractivity contribution in [2.75, 3.05) is 5.32 Å². The normalized spacial score (nSPS) is 10.9. The molecule has 3 rings (SSSR count). The Bertz CT molecular complexity index is 834. The molecule has 0 saturated carbocycles. The minimum absolute atomic E-state index is 0.265. The molecule has 0 unspecified atom stereocenters. The molecule has 112 valence electrons. The van der Waals surface area contributed by atoms with E-state index in [9.17, 15) is 5.11 Å². The van der Waals surface area contributed by atoms with E-state index in [0.29, 0.717) is 12.1 Å². The van der Waals surface area contributed by atoms with Gasteiger partial charge in [0.15, 0.2) is 0 Å². The zero-order valence-electron chi connectivity index (χ0n) is 11.9. The molecule has 22 heavy (non-hydrogen) atoms. The third kappa shape index (κ3) is 3.20. The van der Waals surface area contributed by atoms with Crippen LogP contribution in [-0.4, -0.2) is 10.1 Å². The van der Waals surface area contributed by atoms with E-state index in [1.54, 1.807) is 0 Å². The van der Waals surface area contributed by atoms with E-state index in [1.165, 1.54) is 0 Å². The van der Waals surface area contributed by atoms with E-state index in [1.807, 2.05) is 49.4 Å². The molecule has 2 aromatic carbocycles. The highest BCUT2D eigenvalue weighted by molar-refractivity contribution is 14.1. The van der Waals surface area contributed by atoms with Gasteiger partial charge < -0.3 is 10.4 Å². The van der Waals surface area contributed by atoms with Gasteiger partial charge in [-0.15, -0.1) is 0 Å². The molecular formula is C17H14BrIN2O. The number of fused-ring (bicyclic) bond motifs is 1. The lowest BCUT2D eigenvalue weighted by atomic mass is 10.1. The standard InChI is InChI=1S/C17H14BrIN2O/c1-10-8-15(19)14-7-6-13(21-16(14)17(10)22)9-20-12-4-2-11(18)3-5-12/h2-8,20,22H,9H2,1H3. The average molecular weight is 469 g/mol. The van der Waals surface area contributed by atoms with Gasteiger partial charge in [-0.2, -0.15) is 0 Å². The number of halogens is 2. The topological polar surface area (TPSA) is 45.2 Å². The summed E-state index contributed by atoms with van der Waals surface area (Å²) < 4.78 is 2.15. The summed E-state index contributed by atoms with van der Waals surface area (Å²) in [6.45, 7) is 2.51. The molecule has 0 aliphatic heterocycles. The van der Waals surface area contributed by atoms with Gasteiger partial charge >= 0.3 is 0 Å². The number of aromatic nitrogens is 1. The van der Waals surface area contributed by atoms with Gasteiger partial charge in [0.25, 0.3) is 0 Å². The number of benzene rings is 2. The quantitative estimate of drug-likeness (QED) is 0.517. The fourth-order valence-electron chi connectivity index (χ4n) is 2.25. The number of nitrogens with one attached hydrogen (secondary N) is 1. The molecule has 0 atom stereocenters. The summed E-state index contributed by atoms with van der Waals surface area (Å²) in [4.78, 5) is 4.60. The van der Waals surface area contributed by atoms with Crippen molar-refractivity contribution in [1.29, 1.82) is 0 Å². The maximum absolute atomic E-state index is 10.2. The average Bonchev–Trinajstić information content (AvgIpc) is 2.52. The van der Waals surface area contributed by atoms with Crippen LogP contribution < -0.4 is 5.32 Å². The summed E-state index contributed by atoms with van der Waals surface area (Å²) in [6.07, 6.45) is 0. The van der Waals surface area contributed by atoms with Crippen LogP contribution in [0.3, 0.4) is 0 Å². The number of aryl methyl sites for hydroxylation is 1. The minimum atomic E-state index is 0.265. The summed E-state index contributed by atoms with van der Waals surface area (Å²) in [5.74, 6) is 0.265. The van der Waals surface area contributed by atoms with Crippen LogP contribution in [0.4, 0.5) is 5.69 Å². The largest absolute Gasteiger partial charge is 0.505 e. The Balaban J connectivity index is 1.88. The first kappa shape index (κ1) is 15.6. The van der Waals surface area contributed by atoms with E-state index in [-0.39, 0.29) is 5.75 Å². The molecule has 1 aromatic heterocycles. The number of pyridine rings is 1. The molecule has 3 aromatic rings. The lowest BCUT2D eigenvalue weighted by Gasteiger charge is -2.10. The number of hydrogen-bond acceptors (Lipinski definition) is 3. The maximum Gasteiger partial charge on any atom is 0.144 e. The molecule has 3 nitrogen and oxygen atoms in total. The van der Waals surface area contributed by atoms with Crippen LogP contribution in [0.5, 0.6) is 5.75 Å². The van der Waals surface area contributed by atoms with Crippen LogP contribution in [0, 0.1) is 10.5 Å². The Morgan fingerprint density at radius 3 is 2.64 bits per heavy atom. The third-order valence-corrected chi connectivity index (χ3v) is 4.89. The zero-order valence-corrected chi connectivity index (χ0v) is 15.6. The van der Waals surface area contributed by atoms with Gasteiger partial charge in [-0.25, -0.2) is 4.98 Å². The summed E-state index contributed by atoms with van der Waals surface area (Å²) in [7, 11) is 0. The Kier molecular flexibility index (Phi) is 4.54. The van der Waals surface area contributed by atoms with E-state index in [4.69, 9.17) is 0 Å². The summed E-state index contributed by atoms with van der Waals surface area (Å²) in [5.41, 5.74) is 3.45. The Morgan fingerprint density at radius 1 is 1.18 bits per heavy atom. The number of nitrogens with zero attached hydrogens (tertiary/aromatic N) is 1. The van der Waals surface area contributed by atoms with Gasteiger partial charge in [-0.3, -0.25) is 0 Å². The van der Waals surface area contributed by atoms with Crippen LogP contribution in [0.25, 0.3) is 10.9 Å². The van der Waals surface area contributed by atoms with Crippen molar-refractivity contribution in [2.45, 2.75) is 13.5 Å². The molecule has 5 heteroatoms. The second kappa shape index (κ2) is 6.42. The second-order valence-corrected chi connectivity index (χ2v) is 7.16. The van der Waals surface area contributed by atoms with E-state index in [2.05, 4.69) is 48.8 Å². The number of phenolic OH excluding ortho intramolecular Hbond substituents is 1. The van der Waals surface area contributed by atoms with Gasteiger partial charge in [0.05, 0.1) is 12.2 Å². The Morgan fingerprint density at radius 2 is 1.91 bits per heavy atom. The van der Waals surface area contributed by atoms with Crippen molar-refractivity contribution in [3.8, 4) is 5.75 Å². The van der Waals surface area contributed by atoms with Gasteiger partial charge in [0.2, 0.25) is 0 Å². The summed E-state index contributed by atoms with van der Waals surface area (Å²) >= 11 is 5.70. The van der Waals surface area contributed by atoms with Crippen molar-refractivity contribution in [1.82, 2.24) is 4.98 Å². The summed E-state index contributed by atoms with van der Waals surface area (Å²) in [5, 5.41) is 14.5. The van der Waals surface area contributed by atoms with E-state index < -0.39 is 0 Å². The van der Waals surface area contributed by atoms with Gasteiger partial charge in [-0.05, 0) is 77.5 Å². The lowest BCUT2D eigenvalue weighted by molar-refractivity contribution is 0.476. The van der Waals surface area contributed by atoms with Crippen LogP contribution in [0.1, 0.15) is 11.3 Å². The molecule has 0 aliphatic carbocycles. The molecule has 0 radical (unpaired) electrons. The van der Waals surface area contributed by atoms with Crippen LogP contribution in [0.2, 0.25) is 0 Å². The maximum atomic E-state index is 10.2. The van der Waals surface area contributed by atoms with Crippen molar-refractivity contribution < 1.29 is 5.11 Å². The molecule has 0 spiro atoms.